The number of likely N-dealkylation sites (N-methyl/N-ethyl adjacent to an activating group) is 1. The molecule has 1 aliphatic heterocycles. The van der Waals surface area contributed by atoms with Crippen molar-refractivity contribution in [1.82, 2.24) is 0 Å². The summed E-state index contributed by atoms with van der Waals surface area (Å²) < 4.78 is 14.4. The summed E-state index contributed by atoms with van der Waals surface area (Å²) in [5.41, 5.74) is 2.06. The quantitative estimate of drug-likeness (QED) is 0.598. The lowest BCUT2D eigenvalue weighted by molar-refractivity contribution is -0.111. The van der Waals surface area contributed by atoms with Crippen LogP contribution >= 0.6 is 15.9 Å². The van der Waals surface area contributed by atoms with Gasteiger partial charge in [0.25, 0.3) is 5.91 Å². The maximum Gasteiger partial charge on any atom is 0.279 e. The molecule has 4 nitrogen and oxygen atoms in total. The van der Waals surface area contributed by atoms with E-state index in [1.165, 1.54) is 17.2 Å². The molecule has 0 saturated heterocycles. The second-order valence-corrected chi connectivity index (χ2v) is 5.66. The first-order valence-corrected chi connectivity index (χ1v) is 7.31. The third kappa shape index (κ3) is 2.57. The van der Waals surface area contributed by atoms with E-state index < -0.39 is 5.82 Å². The minimum atomic E-state index is -0.401. The molecule has 2 aromatic carbocycles. The van der Waals surface area contributed by atoms with Gasteiger partial charge in [0, 0.05) is 22.6 Å². The van der Waals surface area contributed by atoms with Crippen LogP contribution in [0.25, 0.3) is 0 Å². The molecule has 110 valence electrons. The first-order chi connectivity index (χ1) is 10.6. The Hall–Kier alpha value is -2.34. The minimum Gasteiger partial charge on any atom is -0.309 e. The fraction of sp³-hybridized carbons (Fsp3) is 0.0625. The molecule has 0 radical (unpaired) electrons. The molecule has 0 saturated carbocycles. The van der Waals surface area contributed by atoms with Crippen molar-refractivity contribution < 1.29 is 9.18 Å². The Bertz CT molecular complexity index is 817. The van der Waals surface area contributed by atoms with Crippen LogP contribution in [0, 0.1) is 5.82 Å². The second-order valence-electron chi connectivity index (χ2n) is 4.74. The molecule has 6 heteroatoms. The summed E-state index contributed by atoms with van der Waals surface area (Å²) >= 11 is 3.27. The molecule has 1 amide bonds. The average Bonchev–Trinajstić information content (AvgIpc) is 2.76. The molecule has 0 spiro atoms. The zero-order valence-electron chi connectivity index (χ0n) is 11.6. The van der Waals surface area contributed by atoms with Gasteiger partial charge >= 0.3 is 0 Å². The molecule has 3 rings (SSSR count). The van der Waals surface area contributed by atoms with E-state index in [9.17, 15) is 9.18 Å². The summed E-state index contributed by atoms with van der Waals surface area (Å²) in [6, 6.07) is 11.9. The van der Waals surface area contributed by atoms with Crippen LogP contribution in [0.15, 0.2) is 57.1 Å². The van der Waals surface area contributed by atoms with Gasteiger partial charge in [-0.3, -0.25) is 4.79 Å². The monoisotopic (exact) mass is 359 g/mol. The number of para-hydroxylation sites is 1. The van der Waals surface area contributed by atoms with Crippen molar-refractivity contribution in [2.75, 3.05) is 11.9 Å². The van der Waals surface area contributed by atoms with Crippen molar-refractivity contribution in [3.63, 3.8) is 0 Å². The lowest BCUT2D eigenvalue weighted by Crippen LogP contribution is -2.25. The Morgan fingerprint density at radius 2 is 2.00 bits per heavy atom. The molecule has 0 unspecified atom stereocenters. The van der Waals surface area contributed by atoms with Crippen LogP contribution in [0.4, 0.5) is 10.1 Å². The normalized spacial score (nSPS) is 15.9. The first-order valence-electron chi connectivity index (χ1n) is 6.51. The number of rotatable bonds is 2. The molecule has 1 aliphatic rings. The number of fused-ring (bicyclic) bond motifs is 1. The first kappa shape index (κ1) is 14.6. The van der Waals surface area contributed by atoms with Crippen LogP contribution in [0.5, 0.6) is 0 Å². The van der Waals surface area contributed by atoms with Gasteiger partial charge < -0.3 is 4.90 Å². The van der Waals surface area contributed by atoms with Gasteiger partial charge in [0.15, 0.2) is 5.71 Å². The smallest absolute Gasteiger partial charge is 0.279 e. The van der Waals surface area contributed by atoms with E-state index in [4.69, 9.17) is 0 Å². The second kappa shape index (κ2) is 5.81. The van der Waals surface area contributed by atoms with Crippen molar-refractivity contribution in [3.05, 3.63) is 63.9 Å². The van der Waals surface area contributed by atoms with Gasteiger partial charge in [-0.25, -0.2) is 4.39 Å². The molecule has 0 N–H and O–H groups in total. The average molecular weight is 360 g/mol. The Labute approximate surface area is 135 Å². The summed E-state index contributed by atoms with van der Waals surface area (Å²) in [6.07, 6.45) is 1.29. The SMILES string of the molecule is CN1C(=O)/C(=N/N=C\c2cc(Br)ccc2F)c2ccccc21. The van der Waals surface area contributed by atoms with Gasteiger partial charge in [-0.05, 0) is 24.3 Å². The van der Waals surface area contributed by atoms with Gasteiger partial charge in [0.1, 0.15) is 5.82 Å². The minimum absolute atomic E-state index is 0.229. The maximum atomic E-state index is 13.6. The van der Waals surface area contributed by atoms with Crippen molar-refractivity contribution in [2.45, 2.75) is 0 Å². The van der Waals surface area contributed by atoms with Crippen LogP contribution < -0.4 is 4.90 Å². The third-order valence-corrected chi connectivity index (χ3v) is 3.83. The molecular weight excluding hydrogens is 349 g/mol. The van der Waals surface area contributed by atoms with E-state index in [0.717, 1.165) is 15.7 Å². The number of halogens is 2. The summed E-state index contributed by atoms with van der Waals surface area (Å²) in [6.45, 7) is 0. The van der Waals surface area contributed by atoms with Crippen molar-refractivity contribution in [2.24, 2.45) is 10.2 Å². The number of hydrogen-bond acceptors (Lipinski definition) is 3. The Balaban J connectivity index is 1.95. The van der Waals surface area contributed by atoms with Crippen LogP contribution in [0.3, 0.4) is 0 Å². The molecule has 0 bridgehead atoms. The molecule has 0 aliphatic carbocycles. The largest absolute Gasteiger partial charge is 0.309 e. The molecular formula is C16H11BrFN3O. The zero-order chi connectivity index (χ0) is 15.7. The van der Waals surface area contributed by atoms with Gasteiger partial charge in [-0.15, -0.1) is 5.10 Å². The van der Waals surface area contributed by atoms with Gasteiger partial charge in [0.05, 0.1) is 11.9 Å². The van der Waals surface area contributed by atoms with E-state index in [2.05, 4.69) is 26.1 Å². The summed E-state index contributed by atoms with van der Waals surface area (Å²) in [4.78, 5) is 13.7. The number of amides is 1. The van der Waals surface area contributed by atoms with Gasteiger partial charge in [-0.2, -0.15) is 5.10 Å². The van der Waals surface area contributed by atoms with E-state index in [1.807, 2.05) is 24.3 Å². The van der Waals surface area contributed by atoms with E-state index in [0.29, 0.717) is 5.56 Å². The fourth-order valence-electron chi connectivity index (χ4n) is 2.21. The van der Waals surface area contributed by atoms with Crippen molar-refractivity contribution in [1.29, 1.82) is 0 Å². The zero-order valence-corrected chi connectivity index (χ0v) is 13.2. The highest BCUT2D eigenvalue weighted by molar-refractivity contribution is 9.10. The number of carbonyl (C=O) groups is 1. The highest BCUT2D eigenvalue weighted by atomic mass is 79.9. The van der Waals surface area contributed by atoms with E-state index >= 15 is 0 Å². The fourth-order valence-corrected chi connectivity index (χ4v) is 2.59. The summed E-state index contributed by atoms with van der Waals surface area (Å²) in [5, 5.41) is 7.84. The molecule has 0 atom stereocenters. The highest BCUT2D eigenvalue weighted by Gasteiger charge is 2.30. The molecule has 22 heavy (non-hydrogen) atoms. The Morgan fingerprint density at radius 3 is 2.82 bits per heavy atom. The summed E-state index contributed by atoms with van der Waals surface area (Å²) in [7, 11) is 1.68. The lowest BCUT2D eigenvalue weighted by atomic mass is 10.1. The van der Waals surface area contributed by atoms with Crippen LogP contribution in [0.1, 0.15) is 11.1 Å². The van der Waals surface area contributed by atoms with Crippen LogP contribution in [0.2, 0.25) is 0 Å². The predicted molar refractivity (Wildman–Crippen MR) is 88.1 cm³/mol. The van der Waals surface area contributed by atoms with Crippen LogP contribution in [-0.2, 0) is 4.79 Å². The van der Waals surface area contributed by atoms with Crippen molar-refractivity contribution in [3.8, 4) is 0 Å². The highest BCUT2D eigenvalue weighted by Crippen LogP contribution is 2.27. The van der Waals surface area contributed by atoms with E-state index in [-0.39, 0.29) is 11.6 Å². The van der Waals surface area contributed by atoms with Crippen molar-refractivity contribution >= 4 is 39.5 Å². The molecule has 0 aromatic heterocycles. The summed E-state index contributed by atoms with van der Waals surface area (Å²) in [5.74, 6) is -0.629. The standard InChI is InChI=1S/C16H11BrFN3O/c1-21-14-5-3-2-4-12(14)15(16(21)22)20-19-9-10-8-11(17)6-7-13(10)18/h2-9H,1H3/b19-9-,20-15+. The van der Waals surface area contributed by atoms with E-state index in [1.54, 1.807) is 19.2 Å². The predicted octanol–water partition coefficient (Wildman–Crippen LogP) is 3.39. The number of carbonyl (C=O) groups excluding carboxylic acids is 1. The Kier molecular flexibility index (Phi) is 3.85. The maximum absolute atomic E-state index is 13.6. The Morgan fingerprint density at radius 1 is 1.23 bits per heavy atom. The topological polar surface area (TPSA) is 45.0 Å². The van der Waals surface area contributed by atoms with Gasteiger partial charge in [0.2, 0.25) is 0 Å². The number of hydrogen-bond donors (Lipinski definition) is 0. The molecule has 1 heterocycles. The molecule has 0 fully saturated rings. The van der Waals surface area contributed by atoms with Crippen LogP contribution in [-0.4, -0.2) is 24.9 Å². The number of benzene rings is 2. The number of anilines is 1. The number of nitrogens with zero attached hydrogens (tertiary/aromatic N) is 3. The molecule has 2 aromatic rings. The van der Waals surface area contributed by atoms with Gasteiger partial charge in [-0.1, -0.05) is 34.1 Å². The lowest BCUT2D eigenvalue weighted by Gasteiger charge is -2.07. The third-order valence-electron chi connectivity index (χ3n) is 3.34.